The molecular formula is C23H24FNO2. The highest BCUT2D eigenvalue weighted by Gasteiger charge is 2.30. The van der Waals surface area contributed by atoms with Crippen LogP contribution in [0, 0.1) is 17.7 Å². The SMILES string of the molecule is O=C(c1ccc(F)cc1)C1CCN(C(=O)CC2Cc3ccccc3C2)CC1. The third-order valence-electron chi connectivity index (χ3n) is 5.95. The lowest BCUT2D eigenvalue weighted by molar-refractivity contribution is -0.133. The summed E-state index contributed by atoms with van der Waals surface area (Å²) in [6, 6.07) is 14.2. The molecule has 0 aromatic heterocycles. The van der Waals surface area contributed by atoms with Crippen molar-refractivity contribution in [3.8, 4) is 0 Å². The third-order valence-corrected chi connectivity index (χ3v) is 5.95. The largest absolute Gasteiger partial charge is 0.343 e. The van der Waals surface area contributed by atoms with Crippen LogP contribution in [0.3, 0.4) is 0 Å². The van der Waals surface area contributed by atoms with Gasteiger partial charge in [0.05, 0.1) is 0 Å². The van der Waals surface area contributed by atoms with Gasteiger partial charge in [0.2, 0.25) is 5.91 Å². The first-order valence-corrected chi connectivity index (χ1v) is 9.74. The maximum atomic E-state index is 13.0. The van der Waals surface area contributed by atoms with Crippen molar-refractivity contribution < 1.29 is 14.0 Å². The highest BCUT2D eigenvalue weighted by molar-refractivity contribution is 5.98. The lowest BCUT2D eigenvalue weighted by atomic mass is 9.88. The Labute approximate surface area is 159 Å². The minimum absolute atomic E-state index is 0.0633. The number of benzene rings is 2. The number of rotatable bonds is 4. The van der Waals surface area contributed by atoms with Gasteiger partial charge in [-0.05, 0) is 67.0 Å². The van der Waals surface area contributed by atoms with E-state index in [1.807, 2.05) is 4.90 Å². The first kappa shape index (κ1) is 17.9. The Balaban J connectivity index is 1.28. The molecule has 2 aromatic carbocycles. The Morgan fingerprint density at radius 2 is 1.52 bits per heavy atom. The molecule has 4 heteroatoms. The van der Waals surface area contributed by atoms with Gasteiger partial charge in [0.1, 0.15) is 5.82 Å². The predicted octanol–water partition coefficient (Wildman–Crippen LogP) is 4.05. The molecule has 1 amide bonds. The van der Waals surface area contributed by atoms with Crippen LogP contribution in [-0.4, -0.2) is 29.7 Å². The standard InChI is InChI=1S/C23H24FNO2/c24-21-7-5-17(6-8-21)23(27)18-9-11-25(12-10-18)22(26)15-16-13-19-3-1-2-4-20(19)14-16/h1-8,16,18H,9-15H2. The van der Waals surface area contributed by atoms with Crippen LogP contribution in [0.25, 0.3) is 0 Å². The maximum absolute atomic E-state index is 13.0. The number of fused-ring (bicyclic) bond motifs is 1. The zero-order chi connectivity index (χ0) is 18.8. The summed E-state index contributed by atoms with van der Waals surface area (Å²) in [6.45, 7) is 1.27. The van der Waals surface area contributed by atoms with E-state index < -0.39 is 0 Å². The first-order chi connectivity index (χ1) is 13.1. The van der Waals surface area contributed by atoms with E-state index >= 15 is 0 Å². The molecule has 0 radical (unpaired) electrons. The second-order valence-corrected chi connectivity index (χ2v) is 7.77. The molecule has 2 aliphatic rings. The Morgan fingerprint density at radius 3 is 2.11 bits per heavy atom. The summed E-state index contributed by atoms with van der Waals surface area (Å²) < 4.78 is 13.0. The van der Waals surface area contributed by atoms with Crippen LogP contribution >= 0.6 is 0 Å². The van der Waals surface area contributed by atoms with Crippen LogP contribution in [0.15, 0.2) is 48.5 Å². The lowest BCUT2D eigenvalue weighted by Gasteiger charge is -2.32. The molecule has 1 heterocycles. The lowest BCUT2D eigenvalue weighted by Crippen LogP contribution is -2.41. The van der Waals surface area contributed by atoms with Crippen molar-refractivity contribution in [1.29, 1.82) is 0 Å². The van der Waals surface area contributed by atoms with Gasteiger partial charge >= 0.3 is 0 Å². The monoisotopic (exact) mass is 365 g/mol. The van der Waals surface area contributed by atoms with E-state index in [2.05, 4.69) is 24.3 Å². The number of piperidine rings is 1. The molecule has 1 aliphatic heterocycles. The average Bonchev–Trinajstić information content (AvgIpc) is 3.10. The van der Waals surface area contributed by atoms with Crippen molar-refractivity contribution in [3.63, 3.8) is 0 Å². The molecule has 0 atom stereocenters. The Hall–Kier alpha value is -2.49. The smallest absolute Gasteiger partial charge is 0.222 e. The van der Waals surface area contributed by atoms with Gasteiger partial charge in [0.15, 0.2) is 5.78 Å². The van der Waals surface area contributed by atoms with Crippen LogP contribution in [0.4, 0.5) is 4.39 Å². The van der Waals surface area contributed by atoms with Gasteiger partial charge in [-0.25, -0.2) is 4.39 Å². The molecule has 0 saturated carbocycles. The zero-order valence-electron chi connectivity index (χ0n) is 15.4. The van der Waals surface area contributed by atoms with E-state index in [1.54, 1.807) is 12.1 Å². The topological polar surface area (TPSA) is 37.4 Å². The highest BCUT2D eigenvalue weighted by Crippen LogP contribution is 2.30. The van der Waals surface area contributed by atoms with E-state index in [0.29, 0.717) is 43.8 Å². The normalized spacial score (nSPS) is 17.7. The van der Waals surface area contributed by atoms with Crippen molar-refractivity contribution in [3.05, 3.63) is 71.0 Å². The number of carbonyl (C=O) groups excluding carboxylic acids is 2. The van der Waals surface area contributed by atoms with Crippen molar-refractivity contribution in [1.82, 2.24) is 4.90 Å². The van der Waals surface area contributed by atoms with E-state index in [9.17, 15) is 14.0 Å². The molecular weight excluding hydrogens is 341 g/mol. The van der Waals surface area contributed by atoms with E-state index in [4.69, 9.17) is 0 Å². The van der Waals surface area contributed by atoms with Crippen LogP contribution < -0.4 is 0 Å². The van der Waals surface area contributed by atoms with Crippen LogP contribution in [-0.2, 0) is 17.6 Å². The fourth-order valence-electron chi connectivity index (χ4n) is 4.41. The van der Waals surface area contributed by atoms with Gasteiger partial charge in [-0.1, -0.05) is 24.3 Å². The molecule has 4 rings (SSSR count). The summed E-state index contributed by atoms with van der Waals surface area (Å²) >= 11 is 0. The van der Waals surface area contributed by atoms with Crippen LogP contribution in [0.5, 0.6) is 0 Å². The third kappa shape index (κ3) is 3.95. The van der Waals surface area contributed by atoms with E-state index in [-0.39, 0.29) is 23.4 Å². The van der Waals surface area contributed by atoms with Gasteiger partial charge in [0.25, 0.3) is 0 Å². The number of nitrogens with zero attached hydrogens (tertiary/aromatic N) is 1. The van der Waals surface area contributed by atoms with Gasteiger partial charge in [0, 0.05) is 31.0 Å². The molecule has 1 saturated heterocycles. The average molecular weight is 365 g/mol. The summed E-state index contributed by atoms with van der Waals surface area (Å²) in [7, 11) is 0. The number of likely N-dealkylation sites (tertiary alicyclic amines) is 1. The fraction of sp³-hybridized carbons (Fsp3) is 0.391. The number of hydrogen-bond acceptors (Lipinski definition) is 2. The minimum atomic E-state index is -0.332. The molecule has 27 heavy (non-hydrogen) atoms. The van der Waals surface area contributed by atoms with Crippen LogP contribution in [0.1, 0.15) is 40.7 Å². The number of halogens is 1. The minimum Gasteiger partial charge on any atom is -0.343 e. The Morgan fingerprint density at radius 1 is 0.926 bits per heavy atom. The predicted molar refractivity (Wildman–Crippen MR) is 102 cm³/mol. The maximum Gasteiger partial charge on any atom is 0.222 e. The highest BCUT2D eigenvalue weighted by atomic mass is 19.1. The van der Waals surface area contributed by atoms with Gasteiger partial charge < -0.3 is 4.90 Å². The van der Waals surface area contributed by atoms with Crippen molar-refractivity contribution in [2.24, 2.45) is 11.8 Å². The van der Waals surface area contributed by atoms with Crippen LogP contribution in [0.2, 0.25) is 0 Å². The van der Waals surface area contributed by atoms with Gasteiger partial charge in [-0.3, -0.25) is 9.59 Å². The molecule has 1 fully saturated rings. The quantitative estimate of drug-likeness (QED) is 0.767. The number of Topliss-reactive ketones (excluding diaryl/α,β-unsaturated/α-hetero) is 1. The Kier molecular flexibility index (Phi) is 5.06. The summed E-state index contributed by atoms with van der Waals surface area (Å²) in [5.41, 5.74) is 3.31. The molecule has 0 spiro atoms. The summed E-state index contributed by atoms with van der Waals surface area (Å²) in [5.74, 6) is 0.263. The van der Waals surface area contributed by atoms with E-state index in [1.165, 1.54) is 23.3 Å². The zero-order valence-corrected chi connectivity index (χ0v) is 15.4. The number of ketones is 1. The molecule has 0 N–H and O–H groups in total. The van der Waals surface area contributed by atoms with Gasteiger partial charge in [-0.15, -0.1) is 0 Å². The fourth-order valence-corrected chi connectivity index (χ4v) is 4.41. The van der Waals surface area contributed by atoms with Gasteiger partial charge in [-0.2, -0.15) is 0 Å². The van der Waals surface area contributed by atoms with Crippen molar-refractivity contribution in [2.45, 2.75) is 32.1 Å². The van der Waals surface area contributed by atoms with Crippen molar-refractivity contribution >= 4 is 11.7 Å². The summed E-state index contributed by atoms with van der Waals surface area (Å²) in [4.78, 5) is 27.2. The molecule has 0 unspecified atom stereocenters. The summed E-state index contributed by atoms with van der Waals surface area (Å²) in [5, 5.41) is 0. The van der Waals surface area contributed by atoms with E-state index in [0.717, 1.165) is 12.8 Å². The second-order valence-electron chi connectivity index (χ2n) is 7.77. The molecule has 3 nitrogen and oxygen atoms in total. The number of carbonyl (C=O) groups is 2. The molecule has 0 bridgehead atoms. The molecule has 1 aliphatic carbocycles. The number of hydrogen-bond donors (Lipinski definition) is 0. The molecule has 140 valence electrons. The first-order valence-electron chi connectivity index (χ1n) is 9.74. The summed E-state index contributed by atoms with van der Waals surface area (Å²) in [6.07, 6.45) is 3.94. The van der Waals surface area contributed by atoms with Crippen molar-refractivity contribution in [2.75, 3.05) is 13.1 Å². The second kappa shape index (κ2) is 7.63. The Bertz CT molecular complexity index is 813. The number of amides is 1. The molecule has 2 aromatic rings.